The molecular formula is C16H24ClN3O5. The van der Waals surface area contributed by atoms with Gasteiger partial charge in [-0.25, -0.2) is 0 Å². The highest BCUT2D eigenvalue weighted by Gasteiger charge is 2.28. The van der Waals surface area contributed by atoms with Crippen LogP contribution in [0.25, 0.3) is 0 Å². The number of carbonyl (C=O) groups excluding carboxylic acids is 2. The minimum atomic E-state index is -0.455. The number of ether oxygens (including phenoxy) is 3. The number of halogens is 1. The van der Waals surface area contributed by atoms with Gasteiger partial charge in [0.15, 0.2) is 0 Å². The van der Waals surface area contributed by atoms with E-state index in [0.29, 0.717) is 30.3 Å². The molecule has 140 valence electrons. The van der Waals surface area contributed by atoms with E-state index in [2.05, 4.69) is 16.0 Å². The first-order chi connectivity index (χ1) is 11.5. The van der Waals surface area contributed by atoms with Crippen molar-refractivity contribution in [3.8, 4) is 11.5 Å². The van der Waals surface area contributed by atoms with Gasteiger partial charge in [-0.3, -0.25) is 9.59 Å². The molecule has 1 aromatic carbocycles. The monoisotopic (exact) mass is 373 g/mol. The number of amides is 2. The van der Waals surface area contributed by atoms with E-state index in [9.17, 15) is 9.59 Å². The SMILES string of the molecule is COc1cc(NC(=O)CNC(=O)[C@H]2NCCO[C@@H]2C)cc(OC)c1.Cl. The van der Waals surface area contributed by atoms with Gasteiger partial charge in [-0.05, 0) is 6.92 Å². The number of hydrogen-bond acceptors (Lipinski definition) is 6. The first kappa shape index (κ1) is 21.0. The zero-order chi connectivity index (χ0) is 17.5. The van der Waals surface area contributed by atoms with E-state index in [1.165, 1.54) is 14.2 Å². The van der Waals surface area contributed by atoms with E-state index >= 15 is 0 Å². The summed E-state index contributed by atoms with van der Waals surface area (Å²) in [6, 6.07) is 4.58. The molecule has 0 saturated carbocycles. The third-order valence-electron chi connectivity index (χ3n) is 3.66. The fourth-order valence-corrected chi connectivity index (χ4v) is 2.39. The summed E-state index contributed by atoms with van der Waals surface area (Å²) < 4.78 is 15.7. The summed E-state index contributed by atoms with van der Waals surface area (Å²) in [6.07, 6.45) is -0.232. The van der Waals surface area contributed by atoms with Gasteiger partial charge in [0.05, 0.1) is 33.5 Å². The normalized spacial score (nSPS) is 19.3. The maximum atomic E-state index is 12.1. The number of benzene rings is 1. The number of morpholine rings is 1. The van der Waals surface area contributed by atoms with Gasteiger partial charge in [0.2, 0.25) is 11.8 Å². The van der Waals surface area contributed by atoms with Crippen molar-refractivity contribution in [2.24, 2.45) is 0 Å². The second kappa shape index (κ2) is 10.1. The molecule has 0 aliphatic carbocycles. The Labute approximate surface area is 153 Å². The minimum Gasteiger partial charge on any atom is -0.497 e. The number of anilines is 1. The Morgan fingerprint density at radius 2 is 1.88 bits per heavy atom. The molecule has 1 fully saturated rings. The molecule has 2 amide bonds. The maximum Gasteiger partial charge on any atom is 0.243 e. The number of hydrogen-bond donors (Lipinski definition) is 3. The van der Waals surface area contributed by atoms with Gasteiger partial charge in [0.1, 0.15) is 17.5 Å². The minimum absolute atomic E-state index is 0. The van der Waals surface area contributed by atoms with Crippen LogP contribution < -0.4 is 25.4 Å². The van der Waals surface area contributed by atoms with Crippen LogP contribution in [0.5, 0.6) is 11.5 Å². The largest absolute Gasteiger partial charge is 0.497 e. The van der Waals surface area contributed by atoms with Gasteiger partial charge in [-0.2, -0.15) is 0 Å². The van der Waals surface area contributed by atoms with Gasteiger partial charge < -0.3 is 30.2 Å². The highest BCUT2D eigenvalue weighted by Crippen LogP contribution is 2.25. The zero-order valence-electron chi connectivity index (χ0n) is 14.5. The number of methoxy groups -OCH3 is 2. The van der Waals surface area contributed by atoms with Gasteiger partial charge in [0.25, 0.3) is 0 Å². The third-order valence-corrected chi connectivity index (χ3v) is 3.66. The molecule has 0 bridgehead atoms. The molecule has 0 spiro atoms. The maximum absolute atomic E-state index is 12.1. The summed E-state index contributed by atoms with van der Waals surface area (Å²) in [4.78, 5) is 24.1. The first-order valence-corrected chi connectivity index (χ1v) is 7.69. The molecule has 8 nitrogen and oxygen atoms in total. The smallest absolute Gasteiger partial charge is 0.243 e. The molecule has 1 aliphatic heterocycles. The summed E-state index contributed by atoms with van der Waals surface area (Å²) in [5.74, 6) is 0.515. The quantitative estimate of drug-likeness (QED) is 0.674. The number of nitrogens with one attached hydrogen (secondary N) is 3. The van der Waals surface area contributed by atoms with E-state index < -0.39 is 6.04 Å². The molecule has 0 aromatic heterocycles. The van der Waals surface area contributed by atoms with Crippen LogP contribution in [0.2, 0.25) is 0 Å². The lowest BCUT2D eigenvalue weighted by Gasteiger charge is -2.29. The fourth-order valence-electron chi connectivity index (χ4n) is 2.39. The van der Waals surface area contributed by atoms with Crippen molar-refractivity contribution in [1.82, 2.24) is 10.6 Å². The molecule has 1 aliphatic rings. The van der Waals surface area contributed by atoms with E-state index in [1.807, 2.05) is 6.92 Å². The fraction of sp³-hybridized carbons (Fsp3) is 0.500. The van der Waals surface area contributed by atoms with E-state index in [0.717, 1.165) is 0 Å². The third kappa shape index (κ3) is 6.08. The molecule has 1 saturated heterocycles. The van der Waals surface area contributed by atoms with Crippen molar-refractivity contribution in [3.05, 3.63) is 18.2 Å². The summed E-state index contributed by atoms with van der Waals surface area (Å²) in [5, 5.41) is 8.37. The molecule has 2 atom stereocenters. The Bertz CT molecular complexity index is 577. The van der Waals surface area contributed by atoms with Crippen LogP contribution in [0.4, 0.5) is 5.69 Å². The highest BCUT2D eigenvalue weighted by atomic mass is 35.5. The molecule has 9 heteroatoms. The average molecular weight is 374 g/mol. The van der Waals surface area contributed by atoms with Crippen LogP contribution in [-0.2, 0) is 14.3 Å². The lowest BCUT2D eigenvalue weighted by Crippen LogP contribution is -2.56. The predicted molar refractivity (Wildman–Crippen MR) is 95.6 cm³/mol. The molecule has 2 rings (SSSR count). The molecule has 0 radical (unpaired) electrons. The van der Waals surface area contributed by atoms with Crippen LogP contribution in [0.1, 0.15) is 6.92 Å². The molecule has 0 unspecified atom stereocenters. The molecule has 1 heterocycles. The summed E-state index contributed by atoms with van der Waals surface area (Å²) in [7, 11) is 3.06. The first-order valence-electron chi connectivity index (χ1n) is 7.69. The van der Waals surface area contributed by atoms with Crippen LogP contribution >= 0.6 is 12.4 Å². The van der Waals surface area contributed by atoms with E-state index in [1.54, 1.807) is 18.2 Å². The molecule has 1 aromatic rings. The lowest BCUT2D eigenvalue weighted by molar-refractivity contribution is -0.130. The summed E-state index contributed by atoms with van der Waals surface area (Å²) >= 11 is 0. The Morgan fingerprint density at radius 1 is 1.24 bits per heavy atom. The van der Waals surface area contributed by atoms with E-state index in [4.69, 9.17) is 14.2 Å². The van der Waals surface area contributed by atoms with Crippen molar-refractivity contribution in [2.45, 2.75) is 19.1 Å². The number of carbonyl (C=O) groups is 2. The summed E-state index contributed by atoms with van der Waals surface area (Å²) in [5.41, 5.74) is 0.526. The lowest BCUT2D eigenvalue weighted by atomic mass is 10.1. The standard InChI is InChI=1S/C16H23N3O5.ClH/c1-10-15(17-4-5-24-10)16(21)18-9-14(20)19-11-6-12(22-2)8-13(7-11)23-3;/h6-8,10,15,17H,4-5,9H2,1-3H3,(H,18,21)(H,19,20);1H/t10-,15+;/m1./s1. The second-order valence-corrected chi connectivity index (χ2v) is 5.38. The van der Waals surface area contributed by atoms with Crippen molar-refractivity contribution in [3.63, 3.8) is 0 Å². The van der Waals surface area contributed by atoms with Crippen molar-refractivity contribution < 1.29 is 23.8 Å². The van der Waals surface area contributed by atoms with Crippen LogP contribution in [0.15, 0.2) is 18.2 Å². The van der Waals surface area contributed by atoms with Crippen LogP contribution in [0.3, 0.4) is 0 Å². The Hall–Kier alpha value is -2.03. The Kier molecular flexibility index (Phi) is 8.47. The predicted octanol–water partition coefficient (Wildman–Crippen LogP) is 0.557. The Balaban J connectivity index is 0.00000312. The average Bonchev–Trinajstić information content (AvgIpc) is 2.59. The Morgan fingerprint density at radius 3 is 2.44 bits per heavy atom. The van der Waals surface area contributed by atoms with Gasteiger partial charge in [0, 0.05) is 30.4 Å². The van der Waals surface area contributed by atoms with Gasteiger partial charge >= 0.3 is 0 Å². The van der Waals surface area contributed by atoms with Gasteiger partial charge in [-0.15, -0.1) is 12.4 Å². The van der Waals surface area contributed by atoms with Crippen LogP contribution in [-0.4, -0.2) is 57.9 Å². The van der Waals surface area contributed by atoms with Crippen molar-refractivity contribution >= 4 is 29.9 Å². The molecule has 25 heavy (non-hydrogen) atoms. The highest BCUT2D eigenvalue weighted by molar-refractivity contribution is 5.95. The van der Waals surface area contributed by atoms with E-state index in [-0.39, 0.29) is 36.9 Å². The van der Waals surface area contributed by atoms with Crippen LogP contribution in [0, 0.1) is 0 Å². The molecule has 3 N–H and O–H groups in total. The topological polar surface area (TPSA) is 97.9 Å². The van der Waals surface area contributed by atoms with Crippen molar-refractivity contribution in [2.75, 3.05) is 39.2 Å². The number of rotatable bonds is 6. The zero-order valence-corrected chi connectivity index (χ0v) is 15.3. The summed E-state index contributed by atoms with van der Waals surface area (Å²) in [6.45, 7) is 2.86. The van der Waals surface area contributed by atoms with Crippen molar-refractivity contribution in [1.29, 1.82) is 0 Å². The molecular weight excluding hydrogens is 350 g/mol. The van der Waals surface area contributed by atoms with Gasteiger partial charge in [-0.1, -0.05) is 0 Å². The second-order valence-electron chi connectivity index (χ2n) is 5.38.